The Bertz CT molecular complexity index is 487. The molecule has 0 amide bonds. The van der Waals surface area contributed by atoms with Crippen LogP contribution in [0.5, 0.6) is 0 Å². The van der Waals surface area contributed by atoms with E-state index in [2.05, 4.69) is 32.3 Å². The third-order valence-electron chi connectivity index (χ3n) is 4.04. The first kappa shape index (κ1) is 12.6. The molecule has 0 saturated carbocycles. The van der Waals surface area contributed by atoms with Crippen LogP contribution in [-0.4, -0.2) is 18.1 Å². The van der Waals surface area contributed by atoms with E-state index in [9.17, 15) is 0 Å². The largest absolute Gasteiger partial charge is 0.316 e. The molecule has 0 unspecified atom stereocenters. The fourth-order valence-corrected chi connectivity index (χ4v) is 3.39. The zero-order chi connectivity index (χ0) is 12.5. The Hall–Kier alpha value is -0.380. The zero-order valence-corrected chi connectivity index (χ0v) is 12.5. The second-order valence-electron chi connectivity index (χ2n) is 5.14. The fourth-order valence-electron chi connectivity index (χ4n) is 3.01. The van der Waals surface area contributed by atoms with Crippen LogP contribution >= 0.6 is 27.5 Å². The maximum Gasteiger partial charge on any atom is 0.124 e. The van der Waals surface area contributed by atoms with E-state index >= 15 is 0 Å². The van der Waals surface area contributed by atoms with Crippen molar-refractivity contribution in [3.05, 3.63) is 33.5 Å². The second kappa shape index (κ2) is 5.32. The van der Waals surface area contributed by atoms with Gasteiger partial charge < -0.3 is 5.32 Å². The van der Waals surface area contributed by atoms with Crippen LogP contribution in [0.1, 0.15) is 24.8 Å². The van der Waals surface area contributed by atoms with Gasteiger partial charge in [-0.15, -0.1) is 0 Å². The standard InChI is InChI=1S/C14H16BrClN2/c15-14-13(16)6-12(8-18-14)10-2-1-9-3-4-17-7-11(9)5-10/h5-6,8-9,11,17H,1-4,7H2/t9-,11+/m0/s1. The highest BCUT2D eigenvalue weighted by Gasteiger charge is 2.27. The highest BCUT2D eigenvalue weighted by molar-refractivity contribution is 9.10. The van der Waals surface area contributed by atoms with E-state index < -0.39 is 0 Å². The lowest BCUT2D eigenvalue weighted by atomic mass is 9.76. The van der Waals surface area contributed by atoms with E-state index in [1.165, 1.54) is 30.5 Å². The van der Waals surface area contributed by atoms with Gasteiger partial charge in [-0.1, -0.05) is 17.7 Å². The van der Waals surface area contributed by atoms with Crippen LogP contribution in [0.2, 0.25) is 5.02 Å². The molecule has 1 aromatic rings. The highest BCUT2D eigenvalue weighted by Crippen LogP contribution is 2.37. The summed E-state index contributed by atoms with van der Waals surface area (Å²) in [6.45, 7) is 2.29. The van der Waals surface area contributed by atoms with Gasteiger partial charge in [-0.3, -0.25) is 0 Å². The molecular weight excluding hydrogens is 312 g/mol. The molecule has 2 atom stereocenters. The molecule has 1 aliphatic carbocycles. The molecule has 1 fully saturated rings. The summed E-state index contributed by atoms with van der Waals surface area (Å²) in [6, 6.07) is 2.01. The minimum absolute atomic E-state index is 0.685. The van der Waals surface area contributed by atoms with Gasteiger partial charge in [-0.05, 0) is 70.8 Å². The molecule has 1 aliphatic heterocycles. The predicted octanol–water partition coefficient (Wildman–Crippen LogP) is 3.90. The SMILES string of the molecule is Clc1cc(C2=C[C@@H]3CNCC[C@@H]3CC2)cnc1Br. The Morgan fingerprint density at radius 1 is 1.39 bits per heavy atom. The molecule has 3 rings (SSSR count). The molecule has 0 spiro atoms. The normalized spacial score (nSPS) is 27.6. The van der Waals surface area contributed by atoms with Crippen LogP contribution in [0, 0.1) is 11.8 Å². The van der Waals surface area contributed by atoms with E-state index in [1.54, 1.807) is 0 Å². The van der Waals surface area contributed by atoms with Gasteiger partial charge in [0.1, 0.15) is 4.60 Å². The molecule has 2 aliphatic rings. The number of fused-ring (bicyclic) bond motifs is 1. The molecule has 1 aromatic heterocycles. The average molecular weight is 328 g/mol. The first-order valence-electron chi connectivity index (χ1n) is 6.47. The van der Waals surface area contributed by atoms with Crippen LogP contribution in [-0.2, 0) is 0 Å². The summed E-state index contributed by atoms with van der Waals surface area (Å²) < 4.78 is 0.724. The summed E-state index contributed by atoms with van der Waals surface area (Å²) in [4.78, 5) is 4.29. The number of halogens is 2. The topological polar surface area (TPSA) is 24.9 Å². The first-order chi connectivity index (χ1) is 8.74. The van der Waals surface area contributed by atoms with Crippen molar-refractivity contribution in [1.82, 2.24) is 10.3 Å². The lowest BCUT2D eigenvalue weighted by molar-refractivity contribution is 0.279. The van der Waals surface area contributed by atoms with Crippen LogP contribution in [0.15, 0.2) is 22.9 Å². The summed E-state index contributed by atoms with van der Waals surface area (Å²) >= 11 is 9.46. The molecule has 1 saturated heterocycles. The quantitative estimate of drug-likeness (QED) is 0.791. The molecule has 18 heavy (non-hydrogen) atoms. The molecule has 1 N–H and O–H groups in total. The Balaban J connectivity index is 1.87. The number of hydrogen-bond donors (Lipinski definition) is 1. The number of pyridine rings is 1. The lowest BCUT2D eigenvalue weighted by Gasteiger charge is -2.34. The maximum absolute atomic E-state index is 6.12. The van der Waals surface area contributed by atoms with Gasteiger partial charge in [0.05, 0.1) is 5.02 Å². The Morgan fingerprint density at radius 2 is 2.28 bits per heavy atom. The van der Waals surface area contributed by atoms with Crippen LogP contribution in [0.25, 0.3) is 5.57 Å². The number of rotatable bonds is 1. The van der Waals surface area contributed by atoms with Crippen LogP contribution in [0.4, 0.5) is 0 Å². The fraction of sp³-hybridized carbons (Fsp3) is 0.500. The van der Waals surface area contributed by atoms with Crippen molar-refractivity contribution in [3.8, 4) is 0 Å². The number of allylic oxidation sites excluding steroid dienone is 1. The van der Waals surface area contributed by atoms with E-state index in [4.69, 9.17) is 11.6 Å². The van der Waals surface area contributed by atoms with Gasteiger partial charge in [0, 0.05) is 12.7 Å². The van der Waals surface area contributed by atoms with Gasteiger partial charge >= 0.3 is 0 Å². The maximum atomic E-state index is 6.12. The number of nitrogens with zero attached hydrogens (tertiary/aromatic N) is 1. The summed E-state index contributed by atoms with van der Waals surface area (Å²) in [6.07, 6.45) is 8.11. The Morgan fingerprint density at radius 3 is 3.11 bits per heavy atom. The highest BCUT2D eigenvalue weighted by atomic mass is 79.9. The monoisotopic (exact) mass is 326 g/mol. The summed E-state index contributed by atoms with van der Waals surface area (Å²) in [7, 11) is 0. The van der Waals surface area contributed by atoms with Gasteiger partial charge in [0.2, 0.25) is 0 Å². The minimum atomic E-state index is 0.685. The van der Waals surface area contributed by atoms with Crippen molar-refractivity contribution in [2.24, 2.45) is 11.8 Å². The van der Waals surface area contributed by atoms with Crippen molar-refractivity contribution >= 4 is 33.1 Å². The van der Waals surface area contributed by atoms with E-state index in [0.717, 1.165) is 23.5 Å². The van der Waals surface area contributed by atoms with E-state index in [1.807, 2.05) is 12.3 Å². The van der Waals surface area contributed by atoms with Gasteiger partial charge in [0.25, 0.3) is 0 Å². The van der Waals surface area contributed by atoms with Crippen LogP contribution < -0.4 is 5.32 Å². The second-order valence-corrected chi connectivity index (χ2v) is 6.30. The zero-order valence-electron chi connectivity index (χ0n) is 10.1. The third-order valence-corrected chi connectivity index (χ3v) is 5.19. The van der Waals surface area contributed by atoms with Crippen molar-refractivity contribution in [2.45, 2.75) is 19.3 Å². The summed E-state index contributed by atoms with van der Waals surface area (Å²) in [5, 5.41) is 4.17. The first-order valence-corrected chi connectivity index (χ1v) is 7.64. The molecule has 0 aromatic carbocycles. The molecule has 2 nitrogen and oxygen atoms in total. The number of aromatic nitrogens is 1. The molecule has 0 bridgehead atoms. The Labute approximate surface area is 121 Å². The lowest BCUT2D eigenvalue weighted by Crippen LogP contribution is -2.37. The third kappa shape index (κ3) is 2.49. The van der Waals surface area contributed by atoms with Gasteiger partial charge in [0.15, 0.2) is 0 Å². The minimum Gasteiger partial charge on any atom is -0.316 e. The number of piperidine rings is 1. The van der Waals surface area contributed by atoms with Crippen molar-refractivity contribution in [3.63, 3.8) is 0 Å². The number of hydrogen-bond acceptors (Lipinski definition) is 2. The predicted molar refractivity (Wildman–Crippen MR) is 78.6 cm³/mol. The molecule has 2 heterocycles. The Kier molecular flexibility index (Phi) is 3.73. The van der Waals surface area contributed by atoms with Gasteiger partial charge in [-0.25, -0.2) is 4.98 Å². The average Bonchev–Trinajstić information content (AvgIpc) is 2.41. The van der Waals surface area contributed by atoms with Crippen molar-refractivity contribution in [1.29, 1.82) is 0 Å². The van der Waals surface area contributed by atoms with Crippen LogP contribution in [0.3, 0.4) is 0 Å². The summed E-state index contributed by atoms with van der Waals surface area (Å²) in [5.74, 6) is 1.55. The smallest absolute Gasteiger partial charge is 0.124 e. The summed E-state index contributed by atoms with van der Waals surface area (Å²) in [5.41, 5.74) is 2.58. The van der Waals surface area contributed by atoms with Gasteiger partial charge in [-0.2, -0.15) is 0 Å². The van der Waals surface area contributed by atoms with Crippen molar-refractivity contribution < 1.29 is 0 Å². The van der Waals surface area contributed by atoms with E-state index in [0.29, 0.717) is 10.9 Å². The number of nitrogens with one attached hydrogen (secondary N) is 1. The van der Waals surface area contributed by atoms with Crippen molar-refractivity contribution in [2.75, 3.05) is 13.1 Å². The molecule has 96 valence electrons. The molecule has 4 heteroatoms. The molecule has 0 radical (unpaired) electrons. The molecular formula is C14H16BrClN2. The van der Waals surface area contributed by atoms with E-state index in [-0.39, 0.29) is 0 Å².